The molecule has 0 saturated carbocycles. The van der Waals surface area contributed by atoms with E-state index in [0.29, 0.717) is 27.9 Å². The summed E-state index contributed by atoms with van der Waals surface area (Å²) in [5.74, 6) is 0.634. The largest absolute Gasteiger partial charge is 0.497 e. The Bertz CT molecular complexity index is 921. The van der Waals surface area contributed by atoms with E-state index in [1.807, 2.05) is 18.2 Å². The summed E-state index contributed by atoms with van der Waals surface area (Å²) in [6, 6.07) is 12.1. The van der Waals surface area contributed by atoms with Gasteiger partial charge in [-0.05, 0) is 35.9 Å². The Morgan fingerprint density at radius 2 is 1.91 bits per heavy atom. The van der Waals surface area contributed by atoms with Gasteiger partial charge in [0.1, 0.15) is 11.3 Å². The predicted octanol–water partition coefficient (Wildman–Crippen LogP) is 4.72. The van der Waals surface area contributed by atoms with Gasteiger partial charge in [0.15, 0.2) is 0 Å². The second kappa shape index (κ2) is 6.52. The van der Waals surface area contributed by atoms with Crippen molar-refractivity contribution in [3.05, 3.63) is 68.5 Å². The fourth-order valence-electron chi connectivity index (χ4n) is 2.29. The highest BCUT2D eigenvalue weighted by Crippen LogP contribution is 2.26. The van der Waals surface area contributed by atoms with Crippen LogP contribution >= 0.6 is 23.2 Å². The quantitative estimate of drug-likeness (QED) is 0.692. The van der Waals surface area contributed by atoms with Crippen molar-refractivity contribution in [3.63, 3.8) is 0 Å². The summed E-state index contributed by atoms with van der Waals surface area (Å²) < 4.78 is 10.4. The highest BCUT2D eigenvalue weighted by Gasteiger charge is 2.07. The van der Waals surface area contributed by atoms with E-state index >= 15 is 0 Å². The maximum Gasteiger partial charge on any atom is 0.336 e. The Morgan fingerprint density at radius 1 is 1.09 bits per heavy atom. The number of methoxy groups -OCH3 is 1. The number of benzene rings is 2. The number of rotatable bonds is 4. The molecule has 1 heterocycles. The number of halogens is 2. The lowest BCUT2D eigenvalue weighted by Crippen LogP contribution is -2.06. The minimum absolute atomic E-state index is 0.406. The fraction of sp³-hybridized carbons (Fsp3) is 0.118. The summed E-state index contributed by atoms with van der Waals surface area (Å²) in [5, 5.41) is 5.03. The van der Waals surface area contributed by atoms with Gasteiger partial charge in [0.2, 0.25) is 0 Å². The monoisotopic (exact) mass is 349 g/mol. The van der Waals surface area contributed by atoms with Crippen LogP contribution in [0, 0.1) is 0 Å². The average Bonchev–Trinajstić information content (AvgIpc) is 2.54. The van der Waals surface area contributed by atoms with Crippen LogP contribution in [0.4, 0.5) is 5.69 Å². The number of anilines is 1. The van der Waals surface area contributed by atoms with Crippen molar-refractivity contribution >= 4 is 39.9 Å². The van der Waals surface area contributed by atoms with Gasteiger partial charge in [-0.2, -0.15) is 0 Å². The molecule has 0 unspecified atom stereocenters. The molecule has 0 aliphatic heterocycles. The molecule has 2 aromatic carbocycles. The number of hydrogen-bond donors (Lipinski definition) is 1. The highest BCUT2D eigenvalue weighted by atomic mass is 35.5. The van der Waals surface area contributed by atoms with E-state index in [1.165, 1.54) is 6.07 Å². The summed E-state index contributed by atoms with van der Waals surface area (Å²) in [6.07, 6.45) is 0. The second-order valence-electron chi connectivity index (χ2n) is 4.94. The highest BCUT2D eigenvalue weighted by molar-refractivity contribution is 6.42. The van der Waals surface area contributed by atoms with Crippen LogP contribution in [0.15, 0.2) is 51.7 Å². The molecule has 3 aromatic rings. The molecule has 0 spiro atoms. The summed E-state index contributed by atoms with van der Waals surface area (Å²) in [7, 11) is 1.56. The topological polar surface area (TPSA) is 51.5 Å². The maximum absolute atomic E-state index is 11.7. The fourth-order valence-corrected chi connectivity index (χ4v) is 2.58. The lowest BCUT2D eigenvalue weighted by Gasteiger charge is -2.10. The van der Waals surface area contributed by atoms with Gasteiger partial charge in [-0.25, -0.2) is 4.79 Å². The third kappa shape index (κ3) is 3.44. The molecule has 0 fully saturated rings. The zero-order valence-corrected chi connectivity index (χ0v) is 13.7. The first-order valence-corrected chi connectivity index (χ1v) is 7.62. The molecule has 1 aromatic heterocycles. The van der Waals surface area contributed by atoms with Crippen LogP contribution < -0.4 is 15.7 Å². The summed E-state index contributed by atoms with van der Waals surface area (Å²) in [4.78, 5) is 11.7. The van der Waals surface area contributed by atoms with Crippen molar-refractivity contribution in [2.24, 2.45) is 0 Å². The van der Waals surface area contributed by atoms with Crippen LogP contribution in [-0.4, -0.2) is 7.11 Å². The van der Waals surface area contributed by atoms with Crippen LogP contribution in [0.2, 0.25) is 10.0 Å². The zero-order valence-electron chi connectivity index (χ0n) is 12.2. The van der Waals surface area contributed by atoms with E-state index in [-0.39, 0.29) is 0 Å². The molecule has 118 valence electrons. The van der Waals surface area contributed by atoms with Gasteiger partial charge >= 0.3 is 5.63 Å². The van der Waals surface area contributed by atoms with Crippen molar-refractivity contribution in [2.45, 2.75) is 6.54 Å². The molecule has 0 saturated heterocycles. The third-order valence-corrected chi connectivity index (χ3v) is 4.18. The first-order valence-electron chi connectivity index (χ1n) is 6.86. The van der Waals surface area contributed by atoms with Crippen LogP contribution in [0.25, 0.3) is 11.0 Å². The standard InChI is InChI=1S/C17H13Cl2NO3/c1-22-12-3-4-13-10(6-17(21)23-16(13)8-12)9-20-11-2-5-14(18)15(19)7-11/h2-8,20H,9H2,1H3. The van der Waals surface area contributed by atoms with Crippen LogP contribution in [0.1, 0.15) is 5.56 Å². The van der Waals surface area contributed by atoms with Crippen molar-refractivity contribution in [1.29, 1.82) is 0 Å². The second-order valence-corrected chi connectivity index (χ2v) is 5.75. The molecule has 0 aliphatic rings. The van der Waals surface area contributed by atoms with Gasteiger partial charge in [0.25, 0.3) is 0 Å². The maximum atomic E-state index is 11.7. The van der Waals surface area contributed by atoms with Crippen molar-refractivity contribution in [2.75, 3.05) is 12.4 Å². The van der Waals surface area contributed by atoms with Crippen molar-refractivity contribution < 1.29 is 9.15 Å². The molecular formula is C17H13Cl2NO3. The van der Waals surface area contributed by atoms with Crippen LogP contribution in [-0.2, 0) is 6.54 Å². The number of ether oxygens (including phenoxy) is 1. The smallest absolute Gasteiger partial charge is 0.336 e. The van der Waals surface area contributed by atoms with Crippen molar-refractivity contribution in [1.82, 2.24) is 0 Å². The van der Waals surface area contributed by atoms with E-state index in [1.54, 1.807) is 25.3 Å². The molecule has 3 rings (SSSR count). The zero-order chi connectivity index (χ0) is 16.4. The SMILES string of the molecule is COc1ccc2c(CNc3ccc(Cl)c(Cl)c3)cc(=O)oc2c1. The molecule has 0 amide bonds. The molecular weight excluding hydrogens is 337 g/mol. The van der Waals surface area contributed by atoms with Crippen LogP contribution in [0.3, 0.4) is 0 Å². The van der Waals surface area contributed by atoms with Gasteiger partial charge in [-0.1, -0.05) is 23.2 Å². The Labute approximate surface area is 142 Å². The van der Waals surface area contributed by atoms with Gasteiger partial charge in [0, 0.05) is 29.8 Å². The average molecular weight is 350 g/mol. The minimum Gasteiger partial charge on any atom is -0.497 e. The Hall–Kier alpha value is -2.17. The van der Waals surface area contributed by atoms with E-state index in [2.05, 4.69) is 5.32 Å². The molecule has 0 aliphatic carbocycles. The van der Waals surface area contributed by atoms with E-state index in [9.17, 15) is 4.79 Å². The normalized spacial score (nSPS) is 10.7. The summed E-state index contributed by atoms with van der Waals surface area (Å²) in [6.45, 7) is 0.451. The van der Waals surface area contributed by atoms with E-state index in [4.69, 9.17) is 32.4 Å². The molecule has 23 heavy (non-hydrogen) atoms. The molecule has 1 N–H and O–H groups in total. The van der Waals surface area contributed by atoms with E-state index < -0.39 is 5.63 Å². The molecule has 0 atom stereocenters. The Balaban J connectivity index is 1.93. The Morgan fingerprint density at radius 3 is 2.65 bits per heavy atom. The molecule has 6 heteroatoms. The predicted molar refractivity (Wildman–Crippen MR) is 92.8 cm³/mol. The molecule has 4 nitrogen and oxygen atoms in total. The third-order valence-electron chi connectivity index (χ3n) is 3.44. The lowest BCUT2D eigenvalue weighted by molar-refractivity contribution is 0.414. The lowest BCUT2D eigenvalue weighted by atomic mass is 10.1. The van der Waals surface area contributed by atoms with Gasteiger partial charge < -0.3 is 14.5 Å². The van der Waals surface area contributed by atoms with Crippen molar-refractivity contribution in [3.8, 4) is 5.75 Å². The minimum atomic E-state index is -0.406. The first kappa shape index (κ1) is 15.7. The number of nitrogens with one attached hydrogen (secondary N) is 1. The summed E-state index contributed by atoms with van der Waals surface area (Å²) >= 11 is 11.9. The van der Waals surface area contributed by atoms with Crippen LogP contribution in [0.5, 0.6) is 5.75 Å². The first-order chi connectivity index (χ1) is 11.1. The molecule has 0 radical (unpaired) electrons. The Kier molecular flexibility index (Phi) is 4.46. The van der Waals surface area contributed by atoms with Gasteiger partial charge in [-0.15, -0.1) is 0 Å². The number of hydrogen-bond acceptors (Lipinski definition) is 4. The van der Waals surface area contributed by atoms with Gasteiger partial charge in [0.05, 0.1) is 17.2 Å². The molecule has 0 bridgehead atoms. The summed E-state index contributed by atoms with van der Waals surface area (Å²) in [5.41, 5.74) is 1.72. The van der Waals surface area contributed by atoms with E-state index in [0.717, 1.165) is 16.6 Å². The number of fused-ring (bicyclic) bond motifs is 1. The van der Waals surface area contributed by atoms with Gasteiger partial charge in [-0.3, -0.25) is 0 Å².